The van der Waals surface area contributed by atoms with Crippen LogP contribution in [-0.2, 0) is 4.79 Å². The molecule has 2 heteroatoms. The maximum Gasteiger partial charge on any atom is 0.330 e. The highest BCUT2D eigenvalue weighted by Gasteiger charge is 2.09. The normalized spacial score (nSPS) is 13.3. The van der Waals surface area contributed by atoms with E-state index in [1.807, 2.05) is 6.08 Å². The number of unbranched alkanes of at least 4 members (excludes halogenated alkanes) is 9. The predicted octanol–water partition coefficient (Wildman–Crippen LogP) is 7.13. The van der Waals surface area contributed by atoms with Gasteiger partial charge < -0.3 is 5.11 Å². The summed E-state index contributed by atoms with van der Waals surface area (Å²) in [5.74, 6) is -0.0949. The first-order valence-electron chi connectivity index (χ1n) is 10.0. The lowest BCUT2D eigenvalue weighted by Crippen LogP contribution is -2.02. The molecule has 0 aromatic rings. The average Bonchev–Trinajstić information content (AvgIpc) is 2.54. The van der Waals surface area contributed by atoms with E-state index in [1.165, 1.54) is 83.5 Å². The summed E-state index contributed by atoms with van der Waals surface area (Å²) in [5.41, 5.74) is 0.503. The van der Waals surface area contributed by atoms with Crippen molar-refractivity contribution in [2.45, 2.75) is 111 Å². The topological polar surface area (TPSA) is 37.3 Å². The molecule has 0 bridgehead atoms. The van der Waals surface area contributed by atoms with Crippen molar-refractivity contribution in [3.63, 3.8) is 0 Å². The van der Waals surface area contributed by atoms with E-state index in [1.54, 1.807) is 6.92 Å². The van der Waals surface area contributed by atoms with Crippen molar-refractivity contribution in [3.8, 4) is 0 Å². The first-order chi connectivity index (χ1) is 11.1. The van der Waals surface area contributed by atoms with Crippen LogP contribution in [0.3, 0.4) is 0 Å². The molecular weight excluding hydrogens is 284 g/mol. The zero-order valence-corrected chi connectivity index (χ0v) is 15.9. The molecule has 136 valence electrons. The third-order valence-electron chi connectivity index (χ3n) is 4.78. The van der Waals surface area contributed by atoms with Gasteiger partial charge in [0.05, 0.1) is 0 Å². The Bertz CT molecular complexity index is 307. The van der Waals surface area contributed by atoms with Gasteiger partial charge in [-0.1, -0.05) is 103 Å². The summed E-state index contributed by atoms with van der Waals surface area (Å²) in [7, 11) is 0. The highest BCUT2D eigenvalue weighted by Crippen LogP contribution is 2.23. The van der Waals surface area contributed by atoms with Crippen LogP contribution in [0.15, 0.2) is 11.6 Å². The molecule has 0 heterocycles. The van der Waals surface area contributed by atoms with Crippen LogP contribution >= 0.6 is 0 Å². The van der Waals surface area contributed by atoms with Gasteiger partial charge >= 0.3 is 5.97 Å². The molecule has 0 aliphatic carbocycles. The minimum Gasteiger partial charge on any atom is -0.478 e. The molecular formula is C21H40O2. The first-order valence-corrected chi connectivity index (χ1v) is 10.0. The molecule has 0 radical (unpaired) electrons. The number of aliphatic carboxylic acids is 1. The quantitative estimate of drug-likeness (QED) is 0.242. The molecule has 0 aromatic carbocycles. The second-order valence-electron chi connectivity index (χ2n) is 7.05. The fourth-order valence-electron chi connectivity index (χ4n) is 3.06. The van der Waals surface area contributed by atoms with Gasteiger partial charge in [0.1, 0.15) is 0 Å². The molecule has 0 aliphatic rings. The standard InChI is InChI=1S/C21H40O2/c1-4-6-8-10-11-12-14-16-20(15-13-9-7-5-2)18-17-19(3)21(22)23/h17,20H,4-16,18H2,1-3H3,(H,22,23). The Kier molecular flexibility index (Phi) is 15.5. The molecule has 23 heavy (non-hydrogen) atoms. The molecule has 2 nitrogen and oxygen atoms in total. The maximum atomic E-state index is 10.9. The number of hydrogen-bond acceptors (Lipinski definition) is 1. The molecule has 0 saturated carbocycles. The summed E-state index contributed by atoms with van der Waals surface area (Å²) in [6.07, 6.45) is 20.1. The van der Waals surface area contributed by atoms with Crippen molar-refractivity contribution in [2.75, 3.05) is 0 Å². The van der Waals surface area contributed by atoms with Crippen molar-refractivity contribution in [1.82, 2.24) is 0 Å². The second-order valence-corrected chi connectivity index (χ2v) is 7.05. The molecule has 0 amide bonds. The van der Waals surface area contributed by atoms with E-state index in [0.29, 0.717) is 11.5 Å². The Morgan fingerprint density at radius 1 is 0.826 bits per heavy atom. The van der Waals surface area contributed by atoms with E-state index in [4.69, 9.17) is 5.11 Å². The molecule has 1 atom stereocenters. The SMILES string of the molecule is CCCCCCCCCC(CC=C(C)C(=O)O)CCCCCC. The fraction of sp³-hybridized carbons (Fsp3) is 0.857. The molecule has 0 rings (SSSR count). The minimum atomic E-state index is -0.773. The molecule has 0 fully saturated rings. The molecule has 0 aliphatic heterocycles. The van der Waals surface area contributed by atoms with Crippen LogP contribution in [0.5, 0.6) is 0 Å². The van der Waals surface area contributed by atoms with Crippen molar-refractivity contribution >= 4 is 5.97 Å². The molecule has 1 N–H and O–H groups in total. The van der Waals surface area contributed by atoms with E-state index >= 15 is 0 Å². The lowest BCUT2D eigenvalue weighted by atomic mass is 9.91. The van der Waals surface area contributed by atoms with Gasteiger partial charge in [0.2, 0.25) is 0 Å². The number of hydrogen-bond donors (Lipinski definition) is 1. The summed E-state index contributed by atoms with van der Waals surface area (Å²) in [4.78, 5) is 10.9. The fourth-order valence-corrected chi connectivity index (χ4v) is 3.06. The van der Waals surface area contributed by atoms with Gasteiger partial charge in [0.25, 0.3) is 0 Å². The number of carboxylic acids is 1. The summed E-state index contributed by atoms with van der Waals surface area (Å²) < 4.78 is 0. The zero-order chi connectivity index (χ0) is 17.3. The minimum absolute atomic E-state index is 0.503. The third-order valence-corrected chi connectivity index (χ3v) is 4.78. The Balaban J connectivity index is 4.01. The lowest BCUT2D eigenvalue weighted by molar-refractivity contribution is -0.132. The van der Waals surface area contributed by atoms with Crippen molar-refractivity contribution in [3.05, 3.63) is 11.6 Å². The number of allylic oxidation sites excluding steroid dienone is 1. The number of carbonyl (C=O) groups is 1. The molecule has 0 aromatic heterocycles. The van der Waals surface area contributed by atoms with Gasteiger partial charge in [-0.25, -0.2) is 4.79 Å². The van der Waals surface area contributed by atoms with Crippen molar-refractivity contribution in [2.24, 2.45) is 5.92 Å². The van der Waals surface area contributed by atoms with E-state index in [9.17, 15) is 4.79 Å². The Morgan fingerprint density at radius 2 is 1.26 bits per heavy atom. The van der Waals surface area contributed by atoms with Gasteiger partial charge in [-0.05, 0) is 19.3 Å². The maximum absolute atomic E-state index is 10.9. The average molecular weight is 325 g/mol. The lowest BCUT2D eigenvalue weighted by Gasteiger charge is -2.15. The van der Waals surface area contributed by atoms with E-state index < -0.39 is 5.97 Å². The summed E-state index contributed by atoms with van der Waals surface area (Å²) >= 11 is 0. The summed E-state index contributed by atoms with van der Waals surface area (Å²) in [5, 5.41) is 8.99. The summed E-state index contributed by atoms with van der Waals surface area (Å²) in [6.45, 7) is 6.22. The van der Waals surface area contributed by atoms with Crippen LogP contribution in [0.25, 0.3) is 0 Å². The number of rotatable bonds is 16. The zero-order valence-electron chi connectivity index (χ0n) is 15.9. The molecule has 1 unspecified atom stereocenters. The van der Waals surface area contributed by atoms with Crippen molar-refractivity contribution < 1.29 is 9.90 Å². The van der Waals surface area contributed by atoms with E-state index in [0.717, 1.165) is 6.42 Å². The van der Waals surface area contributed by atoms with E-state index in [2.05, 4.69) is 13.8 Å². The summed E-state index contributed by atoms with van der Waals surface area (Å²) in [6, 6.07) is 0. The predicted molar refractivity (Wildman–Crippen MR) is 101 cm³/mol. The van der Waals surface area contributed by atoms with Crippen LogP contribution < -0.4 is 0 Å². The van der Waals surface area contributed by atoms with Gasteiger partial charge in [-0.3, -0.25) is 0 Å². The monoisotopic (exact) mass is 324 g/mol. The van der Waals surface area contributed by atoms with Crippen LogP contribution in [0.4, 0.5) is 0 Å². The van der Waals surface area contributed by atoms with Gasteiger partial charge in [0, 0.05) is 5.57 Å². The first kappa shape index (κ1) is 22.2. The largest absolute Gasteiger partial charge is 0.478 e. The Morgan fingerprint density at radius 3 is 1.74 bits per heavy atom. The van der Waals surface area contributed by atoms with Crippen LogP contribution in [0.2, 0.25) is 0 Å². The third kappa shape index (κ3) is 14.5. The van der Waals surface area contributed by atoms with Gasteiger partial charge in [0.15, 0.2) is 0 Å². The van der Waals surface area contributed by atoms with Crippen molar-refractivity contribution in [1.29, 1.82) is 0 Å². The Hall–Kier alpha value is -0.790. The number of carboxylic acid groups (broad SMARTS) is 1. The Labute approximate surface area is 144 Å². The molecule has 0 spiro atoms. The second kappa shape index (κ2) is 16.1. The van der Waals surface area contributed by atoms with Gasteiger partial charge in [-0.2, -0.15) is 0 Å². The van der Waals surface area contributed by atoms with Gasteiger partial charge in [-0.15, -0.1) is 0 Å². The molecule has 0 saturated heterocycles. The van der Waals surface area contributed by atoms with Crippen LogP contribution in [0, 0.1) is 5.92 Å². The highest BCUT2D eigenvalue weighted by atomic mass is 16.4. The van der Waals surface area contributed by atoms with E-state index in [-0.39, 0.29) is 0 Å². The smallest absolute Gasteiger partial charge is 0.330 e. The van der Waals surface area contributed by atoms with Crippen LogP contribution in [-0.4, -0.2) is 11.1 Å². The van der Waals surface area contributed by atoms with Crippen LogP contribution in [0.1, 0.15) is 111 Å². The highest BCUT2D eigenvalue weighted by molar-refractivity contribution is 5.85.